The smallest absolute Gasteiger partial charge is 0.306 e. The van der Waals surface area contributed by atoms with Gasteiger partial charge in [0.2, 0.25) is 5.91 Å². The summed E-state index contributed by atoms with van der Waals surface area (Å²) in [5, 5.41) is 2.86. The molecule has 122 valence electrons. The third-order valence-electron chi connectivity index (χ3n) is 4.02. The minimum absolute atomic E-state index is 0.0585. The van der Waals surface area contributed by atoms with E-state index in [-0.39, 0.29) is 18.0 Å². The molecule has 2 rings (SSSR count). The first-order chi connectivity index (χ1) is 10.6. The molecule has 5 nitrogen and oxygen atoms in total. The highest BCUT2D eigenvalue weighted by Gasteiger charge is 2.17. The van der Waals surface area contributed by atoms with Crippen LogP contribution in [0.3, 0.4) is 0 Å². The van der Waals surface area contributed by atoms with Crippen molar-refractivity contribution in [3.8, 4) is 0 Å². The Labute approximate surface area is 132 Å². The van der Waals surface area contributed by atoms with Crippen molar-refractivity contribution in [3.63, 3.8) is 0 Å². The Morgan fingerprint density at radius 1 is 1.32 bits per heavy atom. The number of rotatable bonds is 6. The van der Waals surface area contributed by atoms with E-state index in [1.165, 1.54) is 6.42 Å². The van der Waals surface area contributed by atoms with Gasteiger partial charge in [-0.05, 0) is 44.7 Å². The van der Waals surface area contributed by atoms with Crippen LogP contribution in [0.25, 0.3) is 0 Å². The number of hydrogen-bond acceptors (Lipinski definition) is 4. The third kappa shape index (κ3) is 5.54. The molecule has 0 aromatic carbocycles. The lowest BCUT2D eigenvalue weighted by Crippen LogP contribution is -2.28. The van der Waals surface area contributed by atoms with Gasteiger partial charge in [0.1, 0.15) is 6.10 Å². The molecule has 0 radical (unpaired) electrons. The van der Waals surface area contributed by atoms with Crippen LogP contribution in [-0.4, -0.2) is 36.5 Å². The van der Waals surface area contributed by atoms with E-state index in [1.54, 1.807) is 0 Å². The molecule has 1 saturated carbocycles. The van der Waals surface area contributed by atoms with E-state index in [1.807, 2.05) is 30.4 Å². The molecule has 0 aromatic heterocycles. The minimum atomic E-state index is -0.138. The lowest BCUT2D eigenvalue weighted by Gasteiger charge is -2.21. The van der Waals surface area contributed by atoms with Crippen molar-refractivity contribution >= 4 is 11.9 Å². The minimum Gasteiger partial charge on any atom is -0.462 e. The molecule has 1 aliphatic heterocycles. The molecule has 0 spiro atoms. The van der Waals surface area contributed by atoms with Gasteiger partial charge >= 0.3 is 5.97 Å². The summed E-state index contributed by atoms with van der Waals surface area (Å²) in [6.07, 6.45) is 13.0. The number of esters is 1. The van der Waals surface area contributed by atoms with E-state index < -0.39 is 0 Å². The van der Waals surface area contributed by atoms with Gasteiger partial charge in [0.15, 0.2) is 0 Å². The van der Waals surface area contributed by atoms with Crippen LogP contribution in [-0.2, 0) is 14.3 Å². The second kappa shape index (κ2) is 8.61. The molecule has 2 aliphatic rings. The first-order valence-corrected chi connectivity index (χ1v) is 8.22. The predicted octanol–water partition coefficient (Wildman–Crippen LogP) is 2.49. The number of hydrogen-bond donors (Lipinski definition) is 1. The van der Waals surface area contributed by atoms with Gasteiger partial charge in [-0.15, -0.1) is 0 Å². The number of carbonyl (C=O) groups excluding carboxylic acids is 2. The summed E-state index contributed by atoms with van der Waals surface area (Å²) in [6.45, 7) is 0.503. The Hall–Kier alpha value is -1.78. The Bertz CT molecular complexity index is 451. The van der Waals surface area contributed by atoms with Gasteiger partial charge in [0.25, 0.3) is 0 Å². The highest BCUT2D eigenvalue weighted by Crippen LogP contribution is 2.20. The quantitative estimate of drug-likeness (QED) is 0.605. The monoisotopic (exact) mass is 306 g/mol. The molecular formula is C17H26N2O3. The zero-order valence-electron chi connectivity index (χ0n) is 13.3. The number of allylic oxidation sites excluding steroid dienone is 1. The molecule has 1 amide bonds. The van der Waals surface area contributed by atoms with Crippen molar-refractivity contribution in [3.05, 3.63) is 24.0 Å². The maximum absolute atomic E-state index is 11.9. The fourth-order valence-corrected chi connectivity index (χ4v) is 2.81. The maximum Gasteiger partial charge on any atom is 0.306 e. The highest BCUT2D eigenvalue weighted by atomic mass is 16.5. The van der Waals surface area contributed by atoms with Gasteiger partial charge < -0.3 is 15.0 Å². The van der Waals surface area contributed by atoms with Crippen molar-refractivity contribution < 1.29 is 14.3 Å². The summed E-state index contributed by atoms with van der Waals surface area (Å²) in [4.78, 5) is 25.5. The molecule has 0 aromatic rings. The third-order valence-corrected chi connectivity index (χ3v) is 4.02. The average Bonchev–Trinajstić information content (AvgIpc) is 2.52. The summed E-state index contributed by atoms with van der Waals surface area (Å²) in [7, 11) is 1.89. The summed E-state index contributed by atoms with van der Waals surface area (Å²) in [5.41, 5.74) is 0.745. The molecule has 0 atom stereocenters. The van der Waals surface area contributed by atoms with E-state index in [2.05, 4.69) is 5.32 Å². The number of carbonyl (C=O) groups is 2. The molecule has 1 N–H and O–H groups in total. The van der Waals surface area contributed by atoms with Gasteiger partial charge in [-0.2, -0.15) is 0 Å². The number of amides is 1. The van der Waals surface area contributed by atoms with E-state index in [0.717, 1.165) is 31.3 Å². The molecule has 1 heterocycles. The lowest BCUT2D eigenvalue weighted by atomic mass is 9.98. The summed E-state index contributed by atoms with van der Waals surface area (Å²) in [5.74, 6) is -0.197. The molecule has 5 heteroatoms. The molecule has 1 fully saturated rings. The molecule has 0 bridgehead atoms. The Kier molecular flexibility index (Phi) is 6.49. The Balaban J connectivity index is 1.58. The largest absolute Gasteiger partial charge is 0.462 e. The van der Waals surface area contributed by atoms with Crippen LogP contribution in [0.15, 0.2) is 24.0 Å². The van der Waals surface area contributed by atoms with Crippen LogP contribution >= 0.6 is 0 Å². The SMILES string of the molecule is CN1C=CCC(C(=O)NCCCC(=O)OC2CCCCC2)=C1. The molecular weight excluding hydrogens is 280 g/mol. The molecule has 0 unspecified atom stereocenters. The number of ether oxygens (including phenoxy) is 1. The van der Waals surface area contributed by atoms with Crippen molar-refractivity contribution in [2.75, 3.05) is 13.6 Å². The molecule has 1 aliphatic carbocycles. The standard InChI is InChI=1S/C17H26N2O3/c1-19-12-6-7-14(13-19)17(21)18-11-5-10-16(20)22-15-8-3-2-4-9-15/h6,12-13,15H,2-5,7-11H2,1H3,(H,18,21). The van der Waals surface area contributed by atoms with E-state index in [9.17, 15) is 9.59 Å². The van der Waals surface area contributed by atoms with Gasteiger partial charge in [-0.3, -0.25) is 9.59 Å². The first-order valence-electron chi connectivity index (χ1n) is 8.22. The zero-order valence-corrected chi connectivity index (χ0v) is 13.3. The fourth-order valence-electron chi connectivity index (χ4n) is 2.81. The maximum atomic E-state index is 11.9. The van der Waals surface area contributed by atoms with Crippen LogP contribution in [0.1, 0.15) is 51.4 Å². The average molecular weight is 306 g/mol. The van der Waals surface area contributed by atoms with Crippen LogP contribution in [0, 0.1) is 0 Å². The van der Waals surface area contributed by atoms with Crippen molar-refractivity contribution in [1.29, 1.82) is 0 Å². The van der Waals surface area contributed by atoms with Gasteiger partial charge in [-0.1, -0.05) is 12.5 Å². The van der Waals surface area contributed by atoms with Crippen molar-refractivity contribution in [2.45, 2.75) is 57.5 Å². The fraction of sp³-hybridized carbons (Fsp3) is 0.647. The summed E-state index contributed by atoms with van der Waals surface area (Å²) in [6, 6.07) is 0. The lowest BCUT2D eigenvalue weighted by molar-refractivity contribution is -0.150. The van der Waals surface area contributed by atoms with Crippen LogP contribution in [0.5, 0.6) is 0 Å². The second-order valence-electron chi connectivity index (χ2n) is 6.02. The molecule has 0 saturated heterocycles. The topological polar surface area (TPSA) is 58.6 Å². The summed E-state index contributed by atoms with van der Waals surface area (Å²) >= 11 is 0. The highest BCUT2D eigenvalue weighted by molar-refractivity contribution is 5.93. The Morgan fingerprint density at radius 3 is 2.82 bits per heavy atom. The van der Waals surface area contributed by atoms with Crippen LogP contribution in [0.2, 0.25) is 0 Å². The van der Waals surface area contributed by atoms with Crippen LogP contribution < -0.4 is 5.32 Å². The van der Waals surface area contributed by atoms with Crippen molar-refractivity contribution in [1.82, 2.24) is 10.2 Å². The van der Waals surface area contributed by atoms with Crippen molar-refractivity contribution in [2.24, 2.45) is 0 Å². The Morgan fingerprint density at radius 2 is 2.09 bits per heavy atom. The number of nitrogens with one attached hydrogen (secondary N) is 1. The van der Waals surface area contributed by atoms with E-state index >= 15 is 0 Å². The van der Waals surface area contributed by atoms with Crippen LogP contribution in [0.4, 0.5) is 0 Å². The van der Waals surface area contributed by atoms with Gasteiger partial charge in [0, 0.05) is 31.8 Å². The van der Waals surface area contributed by atoms with Gasteiger partial charge in [0.05, 0.1) is 0 Å². The molecule has 22 heavy (non-hydrogen) atoms. The van der Waals surface area contributed by atoms with Gasteiger partial charge in [-0.25, -0.2) is 0 Å². The normalized spacial score (nSPS) is 18.8. The first kappa shape index (κ1) is 16.6. The number of nitrogens with zero attached hydrogens (tertiary/aromatic N) is 1. The van der Waals surface area contributed by atoms with E-state index in [4.69, 9.17) is 4.74 Å². The second-order valence-corrected chi connectivity index (χ2v) is 6.02. The summed E-state index contributed by atoms with van der Waals surface area (Å²) < 4.78 is 5.45. The van der Waals surface area contributed by atoms with E-state index in [0.29, 0.717) is 25.8 Å². The zero-order chi connectivity index (χ0) is 15.8. The predicted molar refractivity (Wildman–Crippen MR) is 84.8 cm³/mol.